The van der Waals surface area contributed by atoms with Gasteiger partial charge in [0, 0.05) is 0 Å². The van der Waals surface area contributed by atoms with Gasteiger partial charge in [0.2, 0.25) is 0 Å². The van der Waals surface area contributed by atoms with Crippen LogP contribution in [0.3, 0.4) is 0 Å². The van der Waals surface area contributed by atoms with Crippen LogP contribution in [0.15, 0.2) is 33.5 Å². The van der Waals surface area contributed by atoms with Gasteiger partial charge in [-0.05, 0) is 12.1 Å². The maximum atomic E-state index is 5.78. The summed E-state index contributed by atoms with van der Waals surface area (Å²) in [7, 11) is 0. The fourth-order valence-electron chi connectivity index (χ4n) is 1.71. The Morgan fingerprint density at radius 3 is 1.64 bits per heavy atom. The van der Waals surface area contributed by atoms with E-state index in [0.29, 0.717) is 11.4 Å². The van der Waals surface area contributed by atoms with Gasteiger partial charge in [0.1, 0.15) is 23.7 Å². The third-order valence-corrected chi connectivity index (χ3v) is 2.33. The normalized spacial score (nSPS) is 11.4. The fraction of sp³-hybridized carbons (Fsp3) is 0. The van der Waals surface area contributed by atoms with Crippen LogP contribution < -0.4 is 11.5 Å². The highest BCUT2D eigenvalue weighted by Gasteiger charge is 2.12. The van der Waals surface area contributed by atoms with Gasteiger partial charge in [-0.1, -0.05) is 0 Å². The topological polar surface area (TPSA) is 78.3 Å². The van der Waals surface area contributed by atoms with Gasteiger partial charge in [0.15, 0.2) is 0 Å². The number of nitrogen functional groups attached to an aromatic ring is 2. The Kier molecular flexibility index (Phi) is 1.16. The lowest BCUT2D eigenvalue weighted by Crippen LogP contribution is -1.84. The van der Waals surface area contributed by atoms with Gasteiger partial charge in [-0.2, -0.15) is 0 Å². The first-order valence-electron chi connectivity index (χ1n) is 4.20. The fourth-order valence-corrected chi connectivity index (χ4v) is 1.71. The van der Waals surface area contributed by atoms with Gasteiger partial charge in [-0.3, -0.25) is 0 Å². The molecule has 0 aliphatic carbocycles. The van der Waals surface area contributed by atoms with Crippen molar-refractivity contribution >= 4 is 33.3 Å². The van der Waals surface area contributed by atoms with E-state index in [1.54, 1.807) is 0 Å². The van der Waals surface area contributed by atoms with E-state index in [-0.39, 0.29) is 0 Å². The molecule has 4 nitrogen and oxygen atoms in total. The second-order valence-corrected chi connectivity index (χ2v) is 3.19. The molecule has 1 aromatic carbocycles. The molecule has 0 saturated carbocycles. The average molecular weight is 188 g/mol. The molecule has 0 aliphatic rings. The van der Waals surface area contributed by atoms with E-state index in [0.717, 1.165) is 21.9 Å². The molecule has 2 aromatic heterocycles. The summed E-state index contributed by atoms with van der Waals surface area (Å²) in [5.41, 5.74) is 14.2. The molecule has 0 fully saturated rings. The van der Waals surface area contributed by atoms with Crippen molar-refractivity contribution in [1.82, 2.24) is 0 Å². The minimum Gasteiger partial charge on any atom is -0.462 e. The molecular weight excluding hydrogens is 180 g/mol. The molecule has 2 heterocycles. The predicted molar refractivity (Wildman–Crippen MR) is 54.8 cm³/mol. The maximum absolute atomic E-state index is 5.78. The van der Waals surface area contributed by atoms with Gasteiger partial charge >= 0.3 is 0 Å². The van der Waals surface area contributed by atoms with Crippen molar-refractivity contribution in [3.63, 3.8) is 0 Å². The monoisotopic (exact) mass is 188 g/mol. The van der Waals surface area contributed by atoms with E-state index in [9.17, 15) is 0 Å². The van der Waals surface area contributed by atoms with Gasteiger partial charge in [-0.15, -0.1) is 0 Å². The Hall–Kier alpha value is -2.10. The Labute approximate surface area is 79.1 Å². The van der Waals surface area contributed by atoms with Gasteiger partial charge in [0.05, 0.1) is 22.1 Å². The largest absolute Gasteiger partial charge is 0.462 e. The van der Waals surface area contributed by atoms with Crippen LogP contribution in [0.4, 0.5) is 11.4 Å². The lowest BCUT2D eigenvalue weighted by molar-refractivity contribution is 0.612. The van der Waals surface area contributed by atoms with E-state index in [1.807, 2.05) is 12.1 Å². The number of fused-ring (bicyclic) bond motifs is 3. The summed E-state index contributed by atoms with van der Waals surface area (Å²) in [6, 6.07) is 3.63. The number of hydrogen-bond donors (Lipinski definition) is 2. The number of anilines is 2. The molecule has 0 spiro atoms. The lowest BCUT2D eigenvalue weighted by Gasteiger charge is -1.93. The Morgan fingerprint density at radius 1 is 0.786 bits per heavy atom. The predicted octanol–water partition coefficient (Wildman–Crippen LogP) is 2.34. The number of rotatable bonds is 0. The van der Waals surface area contributed by atoms with Crippen LogP contribution in [0.2, 0.25) is 0 Å². The lowest BCUT2D eigenvalue weighted by atomic mass is 10.1. The maximum Gasteiger partial charge on any atom is 0.137 e. The molecule has 3 rings (SSSR count). The summed E-state index contributed by atoms with van der Waals surface area (Å²) >= 11 is 0. The van der Waals surface area contributed by atoms with Crippen LogP contribution >= 0.6 is 0 Å². The standard InChI is InChI=1S/C10H8N2O2/c11-5-3-13-7-1-2-8-10(9(5)7)6(12)4-14-8/h1-4H,11-12H2. The van der Waals surface area contributed by atoms with Crippen molar-refractivity contribution < 1.29 is 8.83 Å². The summed E-state index contributed by atoms with van der Waals surface area (Å²) in [5.74, 6) is 0. The van der Waals surface area contributed by atoms with Crippen LogP contribution in [-0.2, 0) is 0 Å². The zero-order valence-electron chi connectivity index (χ0n) is 7.28. The molecule has 4 N–H and O–H groups in total. The van der Waals surface area contributed by atoms with E-state index < -0.39 is 0 Å². The zero-order chi connectivity index (χ0) is 9.71. The van der Waals surface area contributed by atoms with Crippen molar-refractivity contribution in [2.45, 2.75) is 0 Å². The molecule has 0 atom stereocenters. The molecule has 14 heavy (non-hydrogen) atoms. The summed E-state index contributed by atoms with van der Waals surface area (Å²) in [4.78, 5) is 0. The molecule has 3 aromatic rings. The summed E-state index contributed by atoms with van der Waals surface area (Å²) in [6.07, 6.45) is 3.02. The summed E-state index contributed by atoms with van der Waals surface area (Å²) < 4.78 is 10.5. The van der Waals surface area contributed by atoms with Crippen LogP contribution in [-0.4, -0.2) is 0 Å². The summed E-state index contributed by atoms with van der Waals surface area (Å²) in [6.45, 7) is 0. The summed E-state index contributed by atoms with van der Waals surface area (Å²) in [5, 5.41) is 1.66. The quantitative estimate of drug-likeness (QED) is 0.567. The third-order valence-electron chi connectivity index (χ3n) is 2.33. The number of furan rings is 2. The zero-order valence-corrected chi connectivity index (χ0v) is 7.28. The highest BCUT2D eigenvalue weighted by Crippen LogP contribution is 2.35. The molecular formula is C10H8N2O2. The van der Waals surface area contributed by atoms with Crippen LogP contribution in [0.5, 0.6) is 0 Å². The van der Waals surface area contributed by atoms with Crippen molar-refractivity contribution in [2.24, 2.45) is 0 Å². The van der Waals surface area contributed by atoms with Crippen molar-refractivity contribution in [2.75, 3.05) is 11.5 Å². The van der Waals surface area contributed by atoms with E-state index in [1.165, 1.54) is 12.5 Å². The molecule has 0 bridgehead atoms. The third kappa shape index (κ3) is 0.724. The minimum absolute atomic E-state index is 0.582. The van der Waals surface area contributed by atoms with Crippen molar-refractivity contribution in [3.05, 3.63) is 24.7 Å². The van der Waals surface area contributed by atoms with Gasteiger partial charge < -0.3 is 20.3 Å². The highest BCUT2D eigenvalue weighted by molar-refractivity contribution is 6.14. The van der Waals surface area contributed by atoms with Crippen LogP contribution in [0, 0.1) is 0 Å². The molecule has 0 amide bonds. The minimum atomic E-state index is 0.582. The van der Waals surface area contributed by atoms with Crippen molar-refractivity contribution in [1.29, 1.82) is 0 Å². The molecule has 0 radical (unpaired) electrons. The molecule has 0 saturated heterocycles. The van der Waals surface area contributed by atoms with Crippen LogP contribution in [0.25, 0.3) is 21.9 Å². The Balaban J connectivity index is 2.70. The second-order valence-electron chi connectivity index (χ2n) is 3.19. The van der Waals surface area contributed by atoms with E-state index in [2.05, 4.69) is 0 Å². The highest BCUT2D eigenvalue weighted by atomic mass is 16.3. The Morgan fingerprint density at radius 2 is 1.21 bits per heavy atom. The number of nitrogens with two attached hydrogens (primary N) is 2. The second kappa shape index (κ2) is 2.23. The Bertz CT molecular complexity index is 566. The molecule has 70 valence electrons. The number of hydrogen-bond acceptors (Lipinski definition) is 4. The van der Waals surface area contributed by atoms with E-state index >= 15 is 0 Å². The SMILES string of the molecule is Nc1coc2ccc3occ(N)c3c12. The van der Waals surface area contributed by atoms with E-state index in [4.69, 9.17) is 20.3 Å². The smallest absolute Gasteiger partial charge is 0.137 e. The number of benzene rings is 1. The first-order valence-corrected chi connectivity index (χ1v) is 4.20. The first kappa shape index (κ1) is 7.32. The molecule has 0 aliphatic heterocycles. The first-order chi connectivity index (χ1) is 6.77. The molecule has 0 unspecified atom stereocenters. The van der Waals surface area contributed by atoms with Crippen molar-refractivity contribution in [3.8, 4) is 0 Å². The van der Waals surface area contributed by atoms with Gasteiger partial charge in [-0.25, -0.2) is 0 Å². The van der Waals surface area contributed by atoms with Gasteiger partial charge in [0.25, 0.3) is 0 Å². The van der Waals surface area contributed by atoms with Crippen LogP contribution in [0.1, 0.15) is 0 Å². The average Bonchev–Trinajstić information content (AvgIpc) is 2.72. The molecule has 4 heteroatoms.